The maximum Gasteiger partial charge on any atom is 0.232 e. The maximum absolute atomic E-state index is 10.7. The third kappa shape index (κ3) is 2.35. The molecule has 1 aromatic carbocycles. The number of hydrogen-bond donors (Lipinski definition) is 0. The highest BCUT2D eigenvalue weighted by atomic mass is 35.5. The summed E-state index contributed by atoms with van der Waals surface area (Å²) >= 11 is 5.74. The van der Waals surface area contributed by atoms with Gasteiger partial charge < -0.3 is 4.74 Å². The summed E-state index contributed by atoms with van der Waals surface area (Å²) in [5.41, 5.74) is 0.303. The van der Waals surface area contributed by atoms with Gasteiger partial charge in [0.25, 0.3) is 0 Å². The lowest BCUT2D eigenvalue weighted by molar-refractivity contribution is 0.112. The molecule has 0 N–H and O–H groups in total. The summed E-state index contributed by atoms with van der Waals surface area (Å²) in [6.07, 6.45) is 3.36. The number of carbonyl (C=O) groups excluding carboxylic acids is 1. The van der Waals surface area contributed by atoms with Crippen LogP contribution in [0.5, 0.6) is 11.6 Å². The summed E-state index contributed by atoms with van der Waals surface area (Å²) in [7, 11) is 0. The van der Waals surface area contributed by atoms with Gasteiger partial charge in [0, 0.05) is 11.2 Å². The number of aldehydes is 1. The molecule has 16 heavy (non-hydrogen) atoms. The third-order valence-electron chi connectivity index (χ3n) is 1.86. The Balaban J connectivity index is 2.26. The zero-order valence-corrected chi connectivity index (χ0v) is 8.89. The molecule has 1 heterocycles. The molecule has 0 aliphatic heterocycles. The van der Waals surface area contributed by atoms with Crippen molar-refractivity contribution in [2.75, 3.05) is 0 Å². The topological polar surface area (TPSA) is 52.1 Å². The van der Waals surface area contributed by atoms with Gasteiger partial charge in [-0.1, -0.05) is 11.6 Å². The number of benzene rings is 1. The summed E-state index contributed by atoms with van der Waals surface area (Å²) in [6, 6.07) is 6.77. The minimum absolute atomic E-state index is 0.229. The molecular weight excluding hydrogens is 228 g/mol. The quantitative estimate of drug-likeness (QED) is 0.767. The Morgan fingerprint density at radius 2 is 2.00 bits per heavy atom. The smallest absolute Gasteiger partial charge is 0.232 e. The van der Waals surface area contributed by atoms with E-state index in [-0.39, 0.29) is 5.88 Å². The fourth-order valence-corrected chi connectivity index (χ4v) is 1.24. The van der Waals surface area contributed by atoms with Gasteiger partial charge in [0.1, 0.15) is 12.1 Å². The largest absolute Gasteiger partial charge is 0.438 e. The van der Waals surface area contributed by atoms with Crippen molar-refractivity contribution >= 4 is 17.9 Å². The molecule has 0 radical (unpaired) electrons. The summed E-state index contributed by atoms with van der Waals surface area (Å²) in [4.78, 5) is 18.3. The summed E-state index contributed by atoms with van der Waals surface area (Å²) in [6.45, 7) is 0. The lowest BCUT2D eigenvalue weighted by Crippen LogP contribution is -1.94. The van der Waals surface area contributed by atoms with Crippen LogP contribution in [0.1, 0.15) is 10.4 Å². The normalized spacial score (nSPS) is 9.81. The zero-order chi connectivity index (χ0) is 11.4. The highest BCUT2D eigenvalue weighted by Gasteiger charge is 2.05. The molecule has 4 nitrogen and oxygen atoms in total. The van der Waals surface area contributed by atoms with Crippen molar-refractivity contribution in [2.24, 2.45) is 0 Å². The molecule has 0 aliphatic carbocycles. The average molecular weight is 235 g/mol. The Hall–Kier alpha value is -1.94. The van der Waals surface area contributed by atoms with Crippen molar-refractivity contribution in [3.63, 3.8) is 0 Å². The fraction of sp³-hybridized carbons (Fsp3) is 0. The van der Waals surface area contributed by atoms with Gasteiger partial charge in [-0.2, -0.15) is 0 Å². The van der Waals surface area contributed by atoms with E-state index < -0.39 is 0 Å². The number of carbonyl (C=O) groups is 1. The number of ether oxygens (including phenoxy) is 1. The zero-order valence-electron chi connectivity index (χ0n) is 8.13. The van der Waals surface area contributed by atoms with Gasteiger partial charge >= 0.3 is 0 Å². The van der Waals surface area contributed by atoms with E-state index in [0.717, 1.165) is 0 Å². The number of hydrogen-bond acceptors (Lipinski definition) is 4. The first kappa shape index (κ1) is 10.6. The molecule has 0 atom stereocenters. The van der Waals surface area contributed by atoms with Gasteiger partial charge in [0.15, 0.2) is 6.29 Å². The second-order valence-electron chi connectivity index (χ2n) is 2.96. The first-order valence-corrected chi connectivity index (χ1v) is 4.86. The van der Waals surface area contributed by atoms with Crippen molar-refractivity contribution in [2.45, 2.75) is 0 Å². The predicted molar refractivity (Wildman–Crippen MR) is 58.9 cm³/mol. The number of rotatable bonds is 3. The van der Waals surface area contributed by atoms with Crippen molar-refractivity contribution in [3.8, 4) is 11.6 Å². The Bertz CT molecular complexity index is 500. The van der Waals surface area contributed by atoms with E-state index in [4.69, 9.17) is 16.3 Å². The molecule has 80 valence electrons. The lowest BCUT2D eigenvalue weighted by Gasteiger charge is -2.05. The molecule has 0 bridgehead atoms. The van der Waals surface area contributed by atoms with Crippen LogP contribution in [0, 0.1) is 0 Å². The molecule has 2 aromatic rings. The Kier molecular flexibility index (Phi) is 3.12. The molecule has 0 aliphatic rings. The molecule has 2 rings (SSSR count). The third-order valence-corrected chi connectivity index (χ3v) is 2.11. The van der Waals surface area contributed by atoms with Crippen LogP contribution in [0.3, 0.4) is 0 Å². The molecular formula is C11H7ClN2O2. The monoisotopic (exact) mass is 234 g/mol. The lowest BCUT2D eigenvalue weighted by atomic mass is 10.3. The molecule has 0 unspecified atom stereocenters. The Labute approximate surface area is 96.9 Å². The van der Waals surface area contributed by atoms with Gasteiger partial charge in [-0.3, -0.25) is 4.79 Å². The molecule has 5 heteroatoms. The van der Waals surface area contributed by atoms with E-state index >= 15 is 0 Å². The molecule has 0 saturated carbocycles. The minimum Gasteiger partial charge on any atom is -0.438 e. The second kappa shape index (κ2) is 4.72. The molecule has 0 fully saturated rings. The number of nitrogens with zero attached hydrogens (tertiary/aromatic N) is 2. The molecule has 0 saturated heterocycles. The van der Waals surface area contributed by atoms with E-state index in [1.54, 1.807) is 24.3 Å². The Morgan fingerprint density at radius 1 is 1.25 bits per heavy atom. The summed E-state index contributed by atoms with van der Waals surface area (Å²) < 4.78 is 5.41. The van der Waals surface area contributed by atoms with Crippen molar-refractivity contribution in [1.82, 2.24) is 9.97 Å². The standard InChI is InChI=1S/C11H7ClN2O2/c12-9-1-3-10(4-2-9)16-11-8(6-15)5-13-7-14-11/h1-7H. The second-order valence-corrected chi connectivity index (χ2v) is 3.39. The van der Waals surface area contributed by atoms with Crippen molar-refractivity contribution in [1.29, 1.82) is 0 Å². The van der Waals surface area contributed by atoms with Crippen LogP contribution in [0.15, 0.2) is 36.8 Å². The minimum atomic E-state index is 0.229. The van der Waals surface area contributed by atoms with Gasteiger partial charge in [0.2, 0.25) is 5.88 Å². The van der Waals surface area contributed by atoms with E-state index in [1.165, 1.54) is 12.5 Å². The van der Waals surface area contributed by atoms with E-state index in [1.807, 2.05) is 0 Å². The van der Waals surface area contributed by atoms with Crippen LogP contribution < -0.4 is 4.74 Å². The first-order valence-electron chi connectivity index (χ1n) is 4.48. The predicted octanol–water partition coefficient (Wildman–Crippen LogP) is 2.73. The summed E-state index contributed by atoms with van der Waals surface area (Å²) in [5, 5.41) is 0.616. The molecule has 1 aromatic heterocycles. The van der Waals surface area contributed by atoms with E-state index in [2.05, 4.69) is 9.97 Å². The van der Waals surface area contributed by atoms with Crippen molar-refractivity contribution < 1.29 is 9.53 Å². The Morgan fingerprint density at radius 3 is 2.69 bits per heavy atom. The van der Waals surface area contributed by atoms with E-state index in [0.29, 0.717) is 22.6 Å². The van der Waals surface area contributed by atoms with Crippen LogP contribution >= 0.6 is 11.6 Å². The van der Waals surface area contributed by atoms with Crippen LogP contribution in [-0.2, 0) is 0 Å². The van der Waals surface area contributed by atoms with Gasteiger partial charge in [-0.25, -0.2) is 9.97 Å². The fourth-order valence-electron chi connectivity index (χ4n) is 1.11. The van der Waals surface area contributed by atoms with Gasteiger partial charge in [-0.15, -0.1) is 0 Å². The number of halogens is 1. The molecule has 0 spiro atoms. The van der Waals surface area contributed by atoms with Crippen LogP contribution in [0.25, 0.3) is 0 Å². The highest BCUT2D eigenvalue weighted by molar-refractivity contribution is 6.30. The highest BCUT2D eigenvalue weighted by Crippen LogP contribution is 2.22. The van der Waals surface area contributed by atoms with Crippen LogP contribution in [0.4, 0.5) is 0 Å². The van der Waals surface area contributed by atoms with Crippen LogP contribution in [0.2, 0.25) is 5.02 Å². The molecule has 0 amide bonds. The first-order chi connectivity index (χ1) is 7.79. The van der Waals surface area contributed by atoms with Gasteiger partial charge in [-0.05, 0) is 24.3 Å². The average Bonchev–Trinajstić information content (AvgIpc) is 2.33. The van der Waals surface area contributed by atoms with E-state index in [9.17, 15) is 4.79 Å². The van der Waals surface area contributed by atoms with Crippen molar-refractivity contribution in [3.05, 3.63) is 47.4 Å². The van der Waals surface area contributed by atoms with Gasteiger partial charge in [0.05, 0.1) is 5.56 Å². The van der Waals surface area contributed by atoms with Crippen LogP contribution in [-0.4, -0.2) is 16.3 Å². The summed E-state index contributed by atoms with van der Waals surface area (Å²) in [5.74, 6) is 0.790. The maximum atomic E-state index is 10.7. The number of aromatic nitrogens is 2. The SMILES string of the molecule is O=Cc1cncnc1Oc1ccc(Cl)cc1.